The second-order valence-electron chi connectivity index (χ2n) is 6.22. The number of aromatic nitrogens is 2. The third-order valence-electron chi connectivity index (χ3n) is 4.19. The molecule has 0 radical (unpaired) electrons. The first kappa shape index (κ1) is 14.1. The molecule has 2 heterocycles. The van der Waals surface area contributed by atoms with Gasteiger partial charge in [-0.15, -0.1) is 0 Å². The fourth-order valence-corrected chi connectivity index (χ4v) is 2.89. The average Bonchev–Trinajstić information content (AvgIpc) is 2.72. The zero-order valence-corrected chi connectivity index (χ0v) is 12.9. The monoisotopic (exact) mass is 285 g/mol. The highest BCUT2D eigenvalue weighted by Gasteiger charge is 2.18. The highest BCUT2D eigenvalue weighted by Crippen LogP contribution is 2.20. The number of fused-ring (bicyclic) bond motifs is 1. The number of amides is 1. The Hall–Kier alpha value is -1.84. The number of carbonyl (C=O) groups is 1. The minimum absolute atomic E-state index is 0.152. The van der Waals surface area contributed by atoms with Gasteiger partial charge >= 0.3 is 0 Å². The fourth-order valence-electron chi connectivity index (χ4n) is 2.89. The first-order valence-electron chi connectivity index (χ1n) is 7.94. The topological polar surface area (TPSA) is 49.0 Å². The lowest BCUT2D eigenvalue weighted by molar-refractivity contribution is 0.0762. The number of carbonyl (C=O) groups excluding carboxylic acids is 1. The minimum atomic E-state index is 0.152. The van der Waals surface area contributed by atoms with Gasteiger partial charge in [0, 0.05) is 24.6 Å². The Morgan fingerprint density at radius 2 is 1.90 bits per heavy atom. The van der Waals surface area contributed by atoms with Crippen LogP contribution in [0.5, 0.6) is 0 Å². The van der Waals surface area contributed by atoms with Crippen molar-refractivity contribution in [2.75, 3.05) is 13.1 Å². The van der Waals surface area contributed by atoms with Crippen LogP contribution in [-0.4, -0.2) is 33.9 Å². The molecule has 21 heavy (non-hydrogen) atoms. The van der Waals surface area contributed by atoms with Crippen LogP contribution in [0.15, 0.2) is 18.2 Å². The molecule has 1 amide bonds. The van der Waals surface area contributed by atoms with Gasteiger partial charge in [-0.1, -0.05) is 26.7 Å². The Morgan fingerprint density at radius 3 is 2.57 bits per heavy atom. The quantitative estimate of drug-likeness (QED) is 0.914. The van der Waals surface area contributed by atoms with Crippen LogP contribution in [-0.2, 0) is 0 Å². The summed E-state index contributed by atoms with van der Waals surface area (Å²) >= 11 is 0. The first-order valence-corrected chi connectivity index (χ1v) is 7.94. The van der Waals surface area contributed by atoms with Gasteiger partial charge in [0.15, 0.2) is 0 Å². The first-order chi connectivity index (χ1) is 10.1. The van der Waals surface area contributed by atoms with Crippen molar-refractivity contribution in [1.82, 2.24) is 14.9 Å². The highest BCUT2D eigenvalue weighted by molar-refractivity contribution is 5.97. The van der Waals surface area contributed by atoms with Gasteiger partial charge < -0.3 is 9.88 Å². The molecule has 0 aliphatic carbocycles. The van der Waals surface area contributed by atoms with Crippen LogP contribution in [0, 0.1) is 0 Å². The van der Waals surface area contributed by atoms with Crippen molar-refractivity contribution in [2.45, 2.75) is 45.4 Å². The normalized spacial score (nSPS) is 16.4. The lowest BCUT2D eigenvalue weighted by atomic mass is 10.1. The van der Waals surface area contributed by atoms with Crippen molar-refractivity contribution in [1.29, 1.82) is 0 Å². The van der Waals surface area contributed by atoms with E-state index in [1.165, 1.54) is 12.8 Å². The van der Waals surface area contributed by atoms with Crippen molar-refractivity contribution in [3.8, 4) is 0 Å². The summed E-state index contributed by atoms with van der Waals surface area (Å²) < 4.78 is 0. The van der Waals surface area contributed by atoms with Crippen LogP contribution < -0.4 is 0 Å². The molecule has 4 nitrogen and oxygen atoms in total. The van der Waals surface area contributed by atoms with Gasteiger partial charge in [-0.25, -0.2) is 4.98 Å². The van der Waals surface area contributed by atoms with Crippen molar-refractivity contribution >= 4 is 16.9 Å². The zero-order chi connectivity index (χ0) is 14.8. The highest BCUT2D eigenvalue weighted by atomic mass is 16.2. The number of likely N-dealkylation sites (tertiary alicyclic amines) is 1. The molecule has 1 fully saturated rings. The maximum Gasteiger partial charge on any atom is 0.253 e. The largest absolute Gasteiger partial charge is 0.342 e. The molecule has 1 aromatic carbocycles. The van der Waals surface area contributed by atoms with E-state index in [1.54, 1.807) is 0 Å². The summed E-state index contributed by atoms with van der Waals surface area (Å²) in [5, 5.41) is 0. The Bertz CT molecular complexity index is 637. The Balaban J connectivity index is 1.87. The summed E-state index contributed by atoms with van der Waals surface area (Å²) in [6.45, 7) is 6.00. The molecule has 1 saturated heterocycles. The smallest absolute Gasteiger partial charge is 0.253 e. The third kappa shape index (κ3) is 2.94. The van der Waals surface area contributed by atoms with E-state index in [0.717, 1.165) is 48.4 Å². The minimum Gasteiger partial charge on any atom is -0.342 e. The predicted molar refractivity (Wildman–Crippen MR) is 84.6 cm³/mol. The summed E-state index contributed by atoms with van der Waals surface area (Å²) in [5.41, 5.74) is 2.66. The number of aromatic amines is 1. The number of rotatable bonds is 2. The van der Waals surface area contributed by atoms with Gasteiger partial charge in [-0.2, -0.15) is 0 Å². The Kier molecular flexibility index (Phi) is 3.95. The van der Waals surface area contributed by atoms with Crippen LogP contribution in [0.4, 0.5) is 0 Å². The predicted octanol–water partition coefficient (Wildman–Crippen LogP) is 3.70. The second-order valence-corrected chi connectivity index (χ2v) is 6.22. The Morgan fingerprint density at radius 1 is 1.19 bits per heavy atom. The van der Waals surface area contributed by atoms with Crippen LogP contribution in [0.1, 0.15) is 61.6 Å². The maximum absolute atomic E-state index is 12.6. The molecule has 112 valence electrons. The molecule has 2 aromatic rings. The summed E-state index contributed by atoms with van der Waals surface area (Å²) in [7, 11) is 0. The molecule has 3 rings (SSSR count). The van der Waals surface area contributed by atoms with Gasteiger partial charge in [-0.3, -0.25) is 4.79 Å². The van der Waals surface area contributed by atoms with E-state index in [1.807, 2.05) is 23.1 Å². The lowest BCUT2D eigenvalue weighted by Crippen LogP contribution is -2.31. The van der Waals surface area contributed by atoms with Crippen LogP contribution in [0.3, 0.4) is 0 Å². The lowest BCUT2D eigenvalue weighted by Gasteiger charge is -2.20. The summed E-state index contributed by atoms with van der Waals surface area (Å²) in [6.07, 6.45) is 4.72. The van der Waals surface area contributed by atoms with E-state index in [2.05, 4.69) is 23.8 Å². The molecule has 0 spiro atoms. The molecule has 0 bridgehead atoms. The maximum atomic E-state index is 12.6. The van der Waals surface area contributed by atoms with E-state index < -0.39 is 0 Å². The van der Waals surface area contributed by atoms with Gasteiger partial charge in [0.05, 0.1) is 11.0 Å². The van der Waals surface area contributed by atoms with E-state index in [-0.39, 0.29) is 5.91 Å². The van der Waals surface area contributed by atoms with E-state index in [4.69, 9.17) is 0 Å². The Labute approximate surface area is 125 Å². The molecule has 0 unspecified atom stereocenters. The third-order valence-corrected chi connectivity index (χ3v) is 4.19. The average molecular weight is 285 g/mol. The molecule has 1 N–H and O–H groups in total. The van der Waals surface area contributed by atoms with E-state index in [0.29, 0.717) is 5.92 Å². The number of nitrogens with one attached hydrogen (secondary N) is 1. The molecule has 0 atom stereocenters. The number of hydrogen-bond donors (Lipinski definition) is 1. The zero-order valence-electron chi connectivity index (χ0n) is 12.9. The van der Waals surface area contributed by atoms with Gasteiger partial charge in [-0.05, 0) is 31.0 Å². The van der Waals surface area contributed by atoms with Gasteiger partial charge in [0.2, 0.25) is 0 Å². The molecule has 4 heteroatoms. The number of H-pyrrole nitrogens is 1. The van der Waals surface area contributed by atoms with Crippen molar-refractivity contribution in [3.63, 3.8) is 0 Å². The van der Waals surface area contributed by atoms with Gasteiger partial charge in [0.1, 0.15) is 5.82 Å². The SMILES string of the molecule is CC(C)c1nc2ccc(C(=O)N3CCCCCC3)cc2[nH]1. The second kappa shape index (κ2) is 5.88. The van der Waals surface area contributed by atoms with Crippen LogP contribution in [0.2, 0.25) is 0 Å². The number of nitrogens with zero attached hydrogens (tertiary/aromatic N) is 2. The molecular weight excluding hydrogens is 262 g/mol. The fraction of sp³-hybridized carbons (Fsp3) is 0.529. The molecular formula is C17H23N3O. The van der Waals surface area contributed by atoms with Crippen molar-refractivity contribution in [3.05, 3.63) is 29.6 Å². The van der Waals surface area contributed by atoms with Crippen molar-refractivity contribution < 1.29 is 4.79 Å². The van der Waals surface area contributed by atoms with Crippen LogP contribution >= 0.6 is 0 Å². The number of hydrogen-bond acceptors (Lipinski definition) is 2. The molecule has 0 saturated carbocycles. The van der Waals surface area contributed by atoms with Gasteiger partial charge in [0.25, 0.3) is 5.91 Å². The number of benzene rings is 1. The summed E-state index contributed by atoms with van der Waals surface area (Å²) in [6, 6.07) is 5.80. The van der Waals surface area contributed by atoms with E-state index in [9.17, 15) is 4.79 Å². The van der Waals surface area contributed by atoms with Crippen molar-refractivity contribution in [2.24, 2.45) is 0 Å². The standard InChI is InChI=1S/C17H23N3O/c1-12(2)16-18-14-8-7-13(11-15(14)19-16)17(21)20-9-5-3-4-6-10-20/h7-8,11-12H,3-6,9-10H2,1-2H3,(H,18,19). The van der Waals surface area contributed by atoms with Crippen LogP contribution in [0.25, 0.3) is 11.0 Å². The summed E-state index contributed by atoms with van der Waals surface area (Å²) in [4.78, 5) is 22.5. The molecule has 1 aliphatic rings. The summed E-state index contributed by atoms with van der Waals surface area (Å²) in [5.74, 6) is 1.49. The molecule has 1 aromatic heterocycles. The molecule has 1 aliphatic heterocycles. The van der Waals surface area contributed by atoms with E-state index >= 15 is 0 Å². The number of imidazole rings is 1.